The molecule has 1 amide bonds. The molecule has 158 valence electrons. The molecule has 0 aliphatic rings. The molecule has 0 fully saturated rings. The number of hydrogen-bond donors (Lipinski definition) is 1. The summed E-state index contributed by atoms with van der Waals surface area (Å²) in [7, 11) is 1.65. The molecule has 0 bridgehead atoms. The van der Waals surface area contributed by atoms with E-state index in [9.17, 15) is 26.7 Å². The Morgan fingerprint density at radius 3 is 2.31 bits per heavy atom. The van der Waals surface area contributed by atoms with E-state index in [1.54, 1.807) is 37.9 Å². The van der Waals surface area contributed by atoms with Gasteiger partial charge in [-0.3, -0.25) is 9.69 Å². The topological polar surface area (TPSA) is 41.6 Å². The van der Waals surface area contributed by atoms with Crippen LogP contribution >= 0.6 is 0 Å². The number of halogens is 5. The number of ether oxygens (including phenoxy) is 1. The van der Waals surface area contributed by atoms with E-state index in [0.717, 1.165) is 23.8 Å². The van der Waals surface area contributed by atoms with Gasteiger partial charge in [-0.1, -0.05) is 12.1 Å². The smallest absolute Gasteiger partial charge is 0.422 e. The minimum absolute atomic E-state index is 0.0969. The van der Waals surface area contributed by atoms with Gasteiger partial charge in [-0.15, -0.1) is 0 Å². The summed E-state index contributed by atoms with van der Waals surface area (Å²) >= 11 is 0. The molecule has 0 aliphatic heterocycles. The van der Waals surface area contributed by atoms with Crippen LogP contribution in [-0.4, -0.2) is 37.2 Å². The van der Waals surface area contributed by atoms with Crippen LogP contribution in [0.25, 0.3) is 0 Å². The van der Waals surface area contributed by atoms with Gasteiger partial charge < -0.3 is 10.1 Å². The number of aryl methyl sites for hydroxylation is 2. The molecule has 0 unspecified atom stereocenters. The normalized spacial score (nSPS) is 11.6. The maximum absolute atomic E-state index is 13.6. The average Bonchev–Trinajstić information content (AvgIpc) is 2.56. The molecule has 0 aliphatic carbocycles. The van der Waals surface area contributed by atoms with Gasteiger partial charge in [0, 0.05) is 12.6 Å². The summed E-state index contributed by atoms with van der Waals surface area (Å²) in [5, 5.41) is 2.31. The number of likely N-dealkylation sites (N-methyl/N-ethyl adjacent to an activating group) is 1. The molecule has 0 saturated heterocycles. The Bertz CT molecular complexity index is 861. The van der Waals surface area contributed by atoms with Crippen LogP contribution in [0.4, 0.5) is 27.6 Å². The van der Waals surface area contributed by atoms with Crippen LogP contribution in [0, 0.1) is 25.5 Å². The molecule has 2 rings (SSSR count). The van der Waals surface area contributed by atoms with Crippen LogP contribution in [0.15, 0.2) is 30.3 Å². The molecule has 2 aromatic carbocycles. The Hall–Kier alpha value is -2.68. The van der Waals surface area contributed by atoms with Crippen molar-refractivity contribution in [2.45, 2.75) is 26.6 Å². The zero-order valence-electron chi connectivity index (χ0n) is 16.2. The van der Waals surface area contributed by atoms with Crippen molar-refractivity contribution in [2.75, 3.05) is 25.5 Å². The van der Waals surface area contributed by atoms with Crippen LogP contribution in [0.3, 0.4) is 0 Å². The van der Waals surface area contributed by atoms with E-state index in [4.69, 9.17) is 4.74 Å². The van der Waals surface area contributed by atoms with Crippen molar-refractivity contribution in [1.82, 2.24) is 4.90 Å². The first-order valence-electron chi connectivity index (χ1n) is 8.67. The van der Waals surface area contributed by atoms with Crippen LogP contribution in [0.5, 0.6) is 5.75 Å². The summed E-state index contributed by atoms with van der Waals surface area (Å²) in [5.41, 5.74) is 1.61. The van der Waals surface area contributed by atoms with Gasteiger partial charge in [0.15, 0.2) is 6.61 Å². The molecule has 4 nitrogen and oxygen atoms in total. The van der Waals surface area contributed by atoms with Crippen molar-refractivity contribution in [3.05, 3.63) is 58.7 Å². The van der Waals surface area contributed by atoms with Crippen LogP contribution in [-0.2, 0) is 11.3 Å². The first kappa shape index (κ1) is 22.6. The van der Waals surface area contributed by atoms with Gasteiger partial charge in [0.05, 0.1) is 12.2 Å². The first-order valence-corrected chi connectivity index (χ1v) is 8.67. The van der Waals surface area contributed by atoms with Gasteiger partial charge in [-0.25, -0.2) is 8.78 Å². The molecule has 2 aromatic rings. The Morgan fingerprint density at radius 1 is 1.10 bits per heavy atom. The van der Waals surface area contributed by atoms with E-state index < -0.39 is 30.3 Å². The number of carbonyl (C=O) groups is 1. The fourth-order valence-electron chi connectivity index (χ4n) is 2.91. The highest BCUT2D eigenvalue weighted by atomic mass is 19.4. The van der Waals surface area contributed by atoms with Gasteiger partial charge in [0.25, 0.3) is 0 Å². The Kier molecular flexibility index (Phi) is 7.18. The fourth-order valence-corrected chi connectivity index (χ4v) is 2.91. The summed E-state index contributed by atoms with van der Waals surface area (Å²) < 4.78 is 68.8. The SMILES string of the molecule is Cc1cc(CN(C)CC(=O)Nc2cc(F)ccc2F)cc(C)c1OCC(F)(F)F. The molecule has 0 saturated carbocycles. The van der Waals surface area contributed by atoms with E-state index in [-0.39, 0.29) is 18.0 Å². The number of amides is 1. The highest BCUT2D eigenvalue weighted by Crippen LogP contribution is 2.27. The van der Waals surface area contributed by atoms with E-state index in [0.29, 0.717) is 17.7 Å². The van der Waals surface area contributed by atoms with Crippen molar-refractivity contribution in [1.29, 1.82) is 0 Å². The summed E-state index contributed by atoms with van der Waals surface area (Å²) in [6.45, 7) is 2.13. The van der Waals surface area contributed by atoms with Crippen LogP contribution < -0.4 is 10.1 Å². The van der Waals surface area contributed by atoms with Gasteiger partial charge >= 0.3 is 6.18 Å². The molecule has 0 atom stereocenters. The third kappa shape index (κ3) is 7.01. The predicted molar refractivity (Wildman–Crippen MR) is 98.8 cm³/mol. The minimum Gasteiger partial charge on any atom is -0.484 e. The number of rotatable bonds is 7. The van der Waals surface area contributed by atoms with E-state index in [1.165, 1.54) is 0 Å². The van der Waals surface area contributed by atoms with Crippen molar-refractivity contribution < 1.29 is 31.5 Å². The molecule has 0 heterocycles. The van der Waals surface area contributed by atoms with Crippen molar-refractivity contribution in [3.8, 4) is 5.75 Å². The third-order valence-electron chi connectivity index (χ3n) is 3.97. The molecule has 0 spiro atoms. The zero-order valence-corrected chi connectivity index (χ0v) is 16.2. The summed E-state index contributed by atoms with van der Waals surface area (Å²) in [6, 6.07) is 6.12. The number of benzene rings is 2. The van der Waals surface area contributed by atoms with Gasteiger partial charge in [0.2, 0.25) is 5.91 Å². The van der Waals surface area contributed by atoms with Crippen molar-refractivity contribution in [3.63, 3.8) is 0 Å². The van der Waals surface area contributed by atoms with E-state index in [1.807, 2.05) is 0 Å². The summed E-state index contributed by atoms with van der Waals surface area (Å²) in [5.74, 6) is -1.78. The fraction of sp³-hybridized carbons (Fsp3) is 0.350. The van der Waals surface area contributed by atoms with Crippen LogP contribution in [0.2, 0.25) is 0 Å². The lowest BCUT2D eigenvalue weighted by Crippen LogP contribution is -2.30. The second-order valence-corrected chi connectivity index (χ2v) is 6.81. The summed E-state index contributed by atoms with van der Waals surface area (Å²) in [6.07, 6.45) is -4.42. The summed E-state index contributed by atoms with van der Waals surface area (Å²) in [4.78, 5) is 13.7. The second kappa shape index (κ2) is 9.21. The van der Waals surface area contributed by atoms with Gasteiger partial charge in [0.1, 0.15) is 17.4 Å². The standard InChI is InChI=1S/C20H21F5N2O2/c1-12-6-14(7-13(2)19(12)29-11-20(23,24)25)9-27(3)10-18(28)26-17-8-15(21)4-5-16(17)22/h4-8H,9-11H2,1-3H3,(H,26,28). The monoisotopic (exact) mass is 416 g/mol. The number of carbonyl (C=O) groups excluding carboxylic acids is 1. The Morgan fingerprint density at radius 2 is 1.72 bits per heavy atom. The molecular weight excluding hydrogens is 395 g/mol. The number of alkyl halides is 3. The van der Waals surface area contributed by atoms with Crippen molar-refractivity contribution in [2.24, 2.45) is 0 Å². The maximum Gasteiger partial charge on any atom is 0.422 e. The Labute approximate surface area is 165 Å². The van der Waals surface area contributed by atoms with E-state index >= 15 is 0 Å². The predicted octanol–water partition coefficient (Wildman–Crippen LogP) is 4.59. The first-order chi connectivity index (χ1) is 13.4. The van der Waals surface area contributed by atoms with Crippen LogP contribution in [0.1, 0.15) is 16.7 Å². The quantitative estimate of drug-likeness (QED) is 0.672. The lowest BCUT2D eigenvalue weighted by atomic mass is 10.1. The molecule has 9 heteroatoms. The van der Waals surface area contributed by atoms with E-state index in [2.05, 4.69) is 5.32 Å². The molecule has 0 aromatic heterocycles. The highest BCUT2D eigenvalue weighted by Gasteiger charge is 2.29. The molecular formula is C20H21F5N2O2. The van der Waals surface area contributed by atoms with Gasteiger partial charge in [-0.2, -0.15) is 13.2 Å². The third-order valence-corrected chi connectivity index (χ3v) is 3.97. The number of nitrogens with zero attached hydrogens (tertiary/aromatic N) is 1. The molecule has 1 N–H and O–H groups in total. The Balaban J connectivity index is 1.98. The lowest BCUT2D eigenvalue weighted by molar-refractivity contribution is -0.153. The molecule has 29 heavy (non-hydrogen) atoms. The largest absolute Gasteiger partial charge is 0.484 e. The average molecular weight is 416 g/mol. The minimum atomic E-state index is -4.42. The lowest BCUT2D eigenvalue weighted by Gasteiger charge is -2.19. The highest BCUT2D eigenvalue weighted by molar-refractivity contribution is 5.92. The number of anilines is 1. The second-order valence-electron chi connectivity index (χ2n) is 6.81. The maximum atomic E-state index is 13.6. The zero-order chi connectivity index (χ0) is 21.8. The van der Waals surface area contributed by atoms with Crippen molar-refractivity contribution >= 4 is 11.6 Å². The number of nitrogens with one attached hydrogen (secondary N) is 1. The number of hydrogen-bond acceptors (Lipinski definition) is 3. The van der Waals surface area contributed by atoms with Gasteiger partial charge in [-0.05, 0) is 49.7 Å². The molecule has 0 radical (unpaired) electrons.